The molecule has 0 spiro atoms. The van der Waals surface area contributed by atoms with Gasteiger partial charge in [-0.25, -0.2) is 9.78 Å². The van der Waals surface area contributed by atoms with E-state index in [-0.39, 0.29) is 12.2 Å². The maximum absolute atomic E-state index is 11.9. The Morgan fingerprint density at radius 3 is 2.82 bits per heavy atom. The van der Waals surface area contributed by atoms with Crippen LogP contribution in [0, 0.1) is 0 Å². The monoisotopic (exact) mass is 316 g/mol. The molecule has 0 aliphatic heterocycles. The molecule has 0 atom stereocenters. The lowest BCUT2D eigenvalue weighted by Crippen LogP contribution is -2.14. The second-order valence-corrected chi connectivity index (χ2v) is 5.32. The van der Waals surface area contributed by atoms with Gasteiger partial charge in [0.25, 0.3) is 5.56 Å². The van der Waals surface area contributed by atoms with Crippen molar-refractivity contribution in [1.82, 2.24) is 9.38 Å². The normalized spacial score (nSPS) is 10.6. The summed E-state index contributed by atoms with van der Waals surface area (Å²) in [4.78, 5) is 28.6. The lowest BCUT2D eigenvalue weighted by molar-refractivity contribution is 0.0468. The zero-order valence-electron chi connectivity index (χ0n) is 11.7. The number of aromatic nitrogens is 2. The van der Waals surface area contributed by atoms with E-state index in [0.717, 1.165) is 0 Å². The number of ether oxygens (including phenoxy) is 2. The lowest BCUT2D eigenvalue weighted by Gasteiger charge is -2.05. The van der Waals surface area contributed by atoms with Crippen molar-refractivity contribution in [2.75, 3.05) is 7.11 Å². The van der Waals surface area contributed by atoms with Crippen LogP contribution in [0.15, 0.2) is 46.7 Å². The van der Waals surface area contributed by atoms with Crippen LogP contribution in [0.2, 0.25) is 0 Å². The highest BCUT2D eigenvalue weighted by Crippen LogP contribution is 2.13. The molecule has 1 aromatic carbocycles. The van der Waals surface area contributed by atoms with Gasteiger partial charge in [0, 0.05) is 17.6 Å². The molecule has 2 aromatic heterocycles. The summed E-state index contributed by atoms with van der Waals surface area (Å²) in [7, 11) is 1.55. The maximum Gasteiger partial charge on any atom is 0.338 e. The molecule has 0 radical (unpaired) electrons. The maximum atomic E-state index is 11.9. The molecule has 112 valence electrons. The summed E-state index contributed by atoms with van der Waals surface area (Å²) in [6.45, 7) is -0.0471. The van der Waals surface area contributed by atoms with Gasteiger partial charge in [0.2, 0.25) is 0 Å². The summed E-state index contributed by atoms with van der Waals surface area (Å²) in [6.07, 6.45) is 1.66. The van der Waals surface area contributed by atoms with Crippen LogP contribution < -0.4 is 10.3 Å². The number of hydrogen-bond donors (Lipinski definition) is 0. The summed E-state index contributed by atoms with van der Waals surface area (Å²) in [5.74, 6) is 0.185. The minimum absolute atomic E-state index is 0.0471. The summed E-state index contributed by atoms with van der Waals surface area (Å²) in [5, 5.41) is 1.77. The Morgan fingerprint density at radius 1 is 1.32 bits per heavy atom. The van der Waals surface area contributed by atoms with Gasteiger partial charge >= 0.3 is 5.97 Å². The average Bonchev–Trinajstić information content (AvgIpc) is 3.02. The van der Waals surface area contributed by atoms with Crippen LogP contribution in [0.3, 0.4) is 0 Å². The van der Waals surface area contributed by atoms with E-state index < -0.39 is 5.97 Å². The van der Waals surface area contributed by atoms with Gasteiger partial charge in [-0.3, -0.25) is 9.20 Å². The predicted octanol–water partition coefficient (Wildman–Crippen LogP) is 2.12. The molecule has 7 heteroatoms. The smallest absolute Gasteiger partial charge is 0.338 e. The first kappa shape index (κ1) is 14.3. The number of rotatable bonds is 4. The van der Waals surface area contributed by atoms with Crippen LogP contribution in [0.1, 0.15) is 16.1 Å². The number of hydrogen-bond acceptors (Lipinski definition) is 6. The zero-order valence-corrected chi connectivity index (χ0v) is 12.5. The van der Waals surface area contributed by atoms with Crippen molar-refractivity contribution in [2.24, 2.45) is 0 Å². The van der Waals surface area contributed by atoms with Gasteiger partial charge in [0.15, 0.2) is 4.96 Å². The molecule has 0 N–H and O–H groups in total. The van der Waals surface area contributed by atoms with Gasteiger partial charge in [0.05, 0.1) is 18.4 Å². The van der Waals surface area contributed by atoms with Crippen molar-refractivity contribution < 1.29 is 14.3 Å². The highest BCUT2D eigenvalue weighted by Gasteiger charge is 2.09. The molecule has 0 aliphatic carbocycles. The fourth-order valence-electron chi connectivity index (χ4n) is 1.91. The third-order valence-corrected chi connectivity index (χ3v) is 3.79. The summed E-state index contributed by atoms with van der Waals surface area (Å²) in [6, 6.07) is 7.96. The Hall–Kier alpha value is -2.67. The van der Waals surface area contributed by atoms with Crippen LogP contribution >= 0.6 is 11.3 Å². The lowest BCUT2D eigenvalue weighted by atomic mass is 10.2. The van der Waals surface area contributed by atoms with Crippen molar-refractivity contribution in [3.63, 3.8) is 0 Å². The fraction of sp³-hybridized carbons (Fsp3) is 0.133. The van der Waals surface area contributed by atoms with E-state index in [1.165, 1.54) is 21.8 Å². The Balaban J connectivity index is 1.72. The van der Waals surface area contributed by atoms with Crippen molar-refractivity contribution in [2.45, 2.75) is 6.61 Å². The fourth-order valence-corrected chi connectivity index (χ4v) is 2.65. The number of carbonyl (C=O) groups is 1. The number of nitrogens with zero attached hydrogens (tertiary/aromatic N) is 2. The van der Waals surface area contributed by atoms with Gasteiger partial charge < -0.3 is 9.47 Å². The number of benzene rings is 1. The minimum atomic E-state index is -0.476. The Bertz CT molecular complexity index is 867. The van der Waals surface area contributed by atoms with Gasteiger partial charge in [-0.1, -0.05) is 0 Å². The van der Waals surface area contributed by atoms with Gasteiger partial charge in [-0.05, 0) is 24.3 Å². The molecule has 22 heavy (non-hydrogen) atoms. The number of carbonyl (C=O) groups excluding carboxylic acids is 1. The summed E-state index contributed by atoms with van der Waals surface area (Å²) < 4.78 is 11.7. The molecule has 0 fully saturated rings. The predicted molar refractivity (Wildman–Crippen MR) is 81.5 cm³/mol. The van der Waals surface area contributed by atoms with E-state index in [1.54, 1.807) is 43.0 Å². The Kier molecular flexibility index (Phi) is 3.88. The molecular formula is C15H12N2O4S. The number of fused-ring (bicyclic) bond motifs is 1. The minimum Gasteiger partial charge on any atom is -0.497 e. The van der Waals surface area contributed by atoms with Crippen LogP contribution in [0.5, 0.6) is 5.75 Å². The van der Waals surface area contributed by atoms with Crippen molar-refractivity contribution >= 4 is 22.3 Å². The SMILES string of the molecule is COc1ccc(C(=O)OCc2cc(=O)n3ccsc3n2)cc1. The second-order valence-electron chi connectivity index (χ2n) is 4.45. The molecule has 0 aliphatic rings. The van der Waals surface area contributed by atoms with E-state index >= 15 is 0 Å². The van der Waals surface area contributed by atoms with Crippen molar-refractivity contribution in [3.8, 4) is 5.75 Å². The molecule has 2 heterocycles. The average molecular weight is 316 g/mol. The molecule has 0 saturated carbocycles. The third kappa shape index (κ3) is 2.84. The van der Waals surface area contributed by atoms with Crippen LogP contribution in [-0.4, -0.2) is 22.5 Å². The second kappa shape index (κ2) is 5.98. The van der Waals surface area contributed by atoms with Crippen LogP contribution in [0.4, 0.5) is 0 Å². The van der Waals surface area contributed by atoms with Gasteiger partial charge in [-0.2, -0.15) is 0 Å². The molecule has 3 aromatic rings. The first-order valence-electron chi connectivity index (χ1n) is 6.44. The molecule has 0 unspecified atom stereocenters. The van der Waals surface area contributed by atoms with Crippen molar-refractivity contribution in [3.05, 3.63) is 63.5 Å². The quantitative estimate of drug-likeness (QED) is 0.690. The Labute approximate surface area is 129 Å². The molecule has 6 nitrogen and oxygen atoms in total. The number of thiazole rings is 1. The van der Waals surface area contributed by atoms with E-state index in [0.29, 0.717) is 22.0 Å². The van der Waals surface area contributed by atoms with Gasteiger partial charge in [-0.15, -0.1) is 11.3 Å². The molecule has 0 amide bonds. The van der Waals surface area contributed by atoms with Crippen molar-refractivity contribution in [1.29, 1.82) is 0 Å². The number of esters is 1. The number of methoxy groups -OCH3 is 1. The molecular weight excluding hydrogens is 304 g/mol. The molecule has 0 saturated heterocycles. The Morgan fingerprint density at radius 2 is 2.09 bits per heavy atom. The third-order valence-electron chi connectivity index (χ3n) is 3.03. The first-order chi connectivity index (χ1) is 10.7. The highest BCUT2D eigenvalue weighted by atomic mass is 32.1. The van der Waals surface area contributed by atoms with Crippen LogP contribution in [0.25, 0.3) is 4.96 Å². The van der Waals surface area contributed by atoms with Gasteiger partial charge in [0.1, 0.15) is 12.4 Å². The molecule has 0 bridgehead atoms. The largest absolute Gasteiger partial charge is 0.497 e. The zero-order chi connectivity index (χ0) is 15.5. The van der Waals surface area contributed by atoms with E-state index in [2.05, 4.69) is 4.98 Å². The van der Waals surface area contributed by atoms with E-state index in [9.17, 15) is 9.59 Å². The first-order valence-corrected chi connectivity index (χ1v) is 7.32. The van der Waals surface area contributed by atoms with E-state index in [1.807, 2.05) is 0 Å². The standard InChI is InChI=1S/C15H12N2O4S/c1-20-12-4-2-10(3-5-12)14(19)21-9-11-8-13(18)17-6-7-22-15(17)16-11/h2-8H,9H2,1H3. The topological polar surface area (TPSA) is 69.9 Å². The van der Waals surface area contributed by atoms with E-state index in [4.69, 9.17) is 9.47 Å². The summed E-state index contributed by atoms with van der Waals surface area (Å²) >= 11 is 1.35. The highest BCUT2D eigenvalue weighted by molar-refractivity contribution is 7.15. The molecule has 3 rings (SSSR count). The summed E-state index contributed by atoms with van der Waals surface area (Å²) in [5.41, 5.74) is 0.644. The van der Waals surface area contributed by atoms with Crippen LogP contribution in [-0.2, 0) is 11.3 Å².